The largest absolute Gasteiger partial charge is 0.537 e. The summed E-state index contributed by atoms with van der Waals surface area (Å²) in [4.78, 5) is 0. The van der Waals surface area contributed by atoms with Gasteiger partial charge in [0, 0.05) is 0 Å². The predicted molar refractivity (Wildman–Crippen MR) is 59.7 cm³/mol. The number of alkyl halides is 3. The van der Waals surface area contributed by atoms with E-state index < -0.39 is 27.9 Å². The molecule has 0 radical (unpaired) electrons. The van der Waals surface area contributed by atoms with Crippen LogP contribution in [0.25, 0.3) is 4.72 Å². The second kappa shape index (κ2) is 6.50. The topological polar surface area (TPSA) is 48.2 Å². The van der Waals surface area contributed by atoms with Gasteiger partial charge in [-0.2, -0.15) is 13.2 Å². The average Bonchev–Trinajstić information content (AvgIpc) is 2.29. The Labute approximate surface area is 102 Å². The van der Waals surface area contributed by atoms with Gasteiger partial charge in [-0.1, -0.05) is 17.7 Å². The predicted octanol–water partition coefficient (Wildman–Crippen LogP) is 3.35. The molecule has 1 rings (SSSR count). The zero-order valence-corrected chi connectivity index (χ0v) is 9.93. The van der Waals surface area contributed by atoms with Crippen molar-refractivity contribution in [3.8, 4) is 0 Å². The van der Waals surface area contributed by atoms with Crippen LogP contribution in [0.3, 0.4) is 0 Å². The fourth-order valence-corrected chi connectivity index (χ4v) is 1.29. The molecule has 18 heavy (non-hydrogen) atoms. The van der Waals surface area contributed by atoms with Crippen LogP contribution in [0.2, 0.25) is 0 Å². The Morgan fingerprint density at radius 2 is 1.56 bits per heavy atom. The van der Waals surface area contributed by atoms with Crippen molar-refractivity contribution in [2.24, 2.45) is 0 Å². The average molecular weight is 284 g/mol. The van der Waals surface area contributed by atoms with Gasteiger partial charge in [0.1, 0.15) is 5.82 Å². The van der Waals surface area contributed by atoms with Crippen LogP contribution in [0.5, 0.6) is 0 Å². The van der Waals surface area contributed by atoms with E-state index in [0.717, 1.165) is 24.3 Å². The van der Waals surface area contributed by atoms with Crippen LogP contribution in [0, 0.1) is 5.82 Å². The lowest BCUT2D eigenvalue weighted by Gasteiger charge is -2.21. The normalized spacial score (nSPS) is 11.6. The lowest BCUT2D eigenvalue weighted by molar-refractivity contribution is -0.0427. The Hall–Kier alpha value is -1.41. The highest BCUT2D eigenvalue weighted by atomic mass is 32.2. The second-order valence-electron chi connectivity index (χ2n) is 2.83. The first-order chi connectivity index (χ1) is 8.22. The van der Waals surface area contributed by atoms with E-state index in [2.05, 4.69) is 17.9 Å². The fourth-order valence-electron chi connectivity index (χ4n) is 0.823. The highest BCUT2D eigenvalue weighted by molar-refractivity contribution is 7.94. The lowest BCUT2D eigenvalue weighted by atomic mass is 10.2. The van der Waals surface area contributed by atoms with Gasteiger partial charge in [0.25, 0.3) is 0 Å². The summed E-state index contributed by atoms with van der Waals surface area (Å²) in [5, 5.41) is 0. The maximum absolute atomic E-state index is 12.4. The molecule has 0 aliphatic carbocycles. The van der Waals surface area contributed by atoms with Crippen molar-refractivity contribution < 1.29 is 26.0 Å². The van der Waals surface area contributed by atoms with Gasteiger partial charge in [-0.3, -0.25) is 0 Å². The van der Waals surface area contributed by atoms with Gasteiger partial charge in [-0.05, 0) is 12.1 Å². The van der Waals surface area contributed by atoms with Gasteiger partial charge < -0.3 is 4.72 Å². The quantitative estimate of drug-likeness (QED) is 0.631. The number of hydrogen-bond donors (Lipinski definition) is 0. The molecule has 0 saturated carbocycles. The Kier molecular flexibility index (Phi) is 5.99. The Balaban J connectivity index is 0.00000137. The molecule has 102 valence electrons. The summed E-state index contributed by atoms with van der Waals surface area (Å²) in [5.74, 6) is -0.567. The van der Waals surface area contributed by atoms with Gasteiger partial charge in [0.15, 0.2) is 10.0 Å². The van der Waals surface area contributed by atoms with Crippen molar-refractivity contribution in [2.75, 3.05) is 0 Å². The molecule has 0 atom stereocenters. The summed E-state index contributed by atoms with van der Waals surface area (Å²) in [5.41, 5.74) is -5.22. The van der Waals surface area contributed by atoms with E-state index in [-0.39, 0.29) is 5.56 Å². The van der Waals surface area contributed by atoms with E-state index in [1.54, 1.807) is 0 Å². The van der Waals surface area contributed by atoms with Crippen LogP contribution in [-0.4, -0.2) is 13.9 Å². The van der Waals surface area contributed by atoms with E-state index in [4.69, 9.17) is 0 Å². The molecule has 0 aromatic heterocycles. The van der Waals surface area contributed by atoms with Gasteiger partial charge >= 0.3 is 5.51 Å². The minimum absolute atomic E-state index is 0.175. The molecule has 8 heteroatoms. The first-order valence-electron chi connectivity index (χ1n) is 4.47. The molecule has 0 amide bonds. The molecule has 0 aliphatic rings. The van der Waals surface area contributed by atoms with E-state index >= 15 is 0 Å². The SMILES string of the molecule is C=C.O=S(=O)([N-]Cc1ccc(F)cc1)C(F)(F)F. The van der Waals surface area contributed by atoms with E-state index in [1.807, 2.05) is 0 Å². The fraction of sp³-hybridized carbons (Fsp3) is 0.200. The summed E-state index contributed by atoms with van der Waals surface area (Å²) in [7, 11) is -5.47. The molecule has 0 fully saturated rings. The molecule has 0 unspecified atom stereocenters. The molecule has 0 bridgehead atoms. The van der Waals surface area contributed by atoms with Gasteiger partial charge in [-0.15, -0.1) is 19.7 Å². The minimum atomic E-state index is -5.47. The molecular formula is C10H10F4NO2S-. The summed E-state index contributed by atoms with van der Waals surface area (Å²) in [6.45, 7) is 5.34. The molecule has 0 heterocycles. The van der Waals surface area contributed by atoms with Gasteiger partial charge in [-0.25, -0.2) is 12.8 Å². The van der Waals surface area contributed by atoms with Crippen molar-refractivity contribution >= 4 is 10.0 Å². The molecule has 1 aromatic carbocycles. The van der Waals surface area contributed by atoms with E-state index in [0.29, 0.717) is 0 Å². The lowest BCUT2D eigenvalue weighted by Crippen LogP contribution is -2.21. The van der Waals surface area contributed by atoms with E-state index in [1.165, 1.54) is 0 Å². The second-order valence-corrected chi connectivity index (χ2v) is 4.51. The number of hydrogen-bond acceptors (Lipinski definition) is 2. The molecule has 0 N–H and O–H groups in total. The van der Waals surface area contributed by atoms with Crippen molar-refractivity contribution in [3.63, 3.8) is 0 Å². The molecular weight excluding hydrogens is 274 g/mol. The Bertz CT molecular complexity index is 468. The molecule has 0 aliphatic heterocycles. The molecule has 0 saturated heterocycles. The van der Waals surface area contributed by atoms with Crippen molar-refractivity contribution in [1.29, 1.82) is 0 Å². The van der Waals surface area contributed by atoms with Crippen molar-refractivity contribution in [3.05, 3.63) is 53.5 Å². The number of rotatable bonds is 3. The van der Waals surface area contributed by atoms with Crippen LogP contribution < -0.4 is 0 Å². The third-order valence-corrected chi connectivity index (χ3v) is 2.68. The van der Waals surface area contributed by atoms with Gasteiger partial charge in [0.05, 0.1) is 0 Å². The maximum atomic E-state index is 12.4. The summed E-state index contributed by atoms with van der Waals surface area (Å²) in [6, 6.07) is 4.32. The molecule has 0 spiro atoms. The maximum Gasteiger partial charge on any atom is 0.480 e. The molecule has 3 nitrogen and oxygen atoms in total. The number of sulfonamides is 1. The Morgan fingerprint density at radius 1 is 1.11 bits per heavy atom. The number of halogens is 4. The molecule has 1 aromatic rings. The van der Waals surface area contributed by atoms with Crippen LogP contribution in [0.4, 0.5) is 17.6 Å². The standard InChI is InChI=1S/C8H6F4NO2S.C2H4/c9-7-3-1-6(2-4-7)5-13-16(14,15)8(10,11)12;1-2/h1-4H,5H2;1-2H2/q-1;. The highest BCUT2D eigenvalue weighted by Gasteiger charge is 2.38. The third-order valence-electron chi connectivity index (χ3n) is 1.62. The number of nitrogens with zero attached hydrogens (tertiary/aromatic N) is 1. The minimum Gasteiger partial charge on any atom is -0.537 e. The van der Waals surface area contributed by atoms with Crippen molar-refractivity contribution in [1.82, 2.24) is 0 Å². The van der Waals surface area contributed by atoms with Crippen LogP contribution in [0.15, 0.2) is 37.4 Å². The first kappa shape index (κ1) is 16.6. The van der Waals surface area contributed by atoms with Gasteiger partial charge in [0.2, 0.25) is 0 Å². The van der Waals surface area contributed by atoms with Crippen molar-refractivity contribution in [2.45, 2.75) is 12.1 Å². The summed E-state index contributed by atoms with van der Waals surface area (Å²) >= 11 is 0. The number of benzene rings is 1. The summed E-state index contributed by atoms with van der Waals surface area (Å²) < 4.78 is 71.6. The van der Waals surface area contributed by atoms with E-state index in [9.17, 15) is 26.0 Å². The Morgan fingerprint density at radius 3 is 1.94 bits per heavy atom. The summed E-state index contributed by atoms with van der Waals surface area (Å²) in [6.07, 6.45) is 0. The zero-order chi connectivity index (χ0) is 14.4. The first-order valence-corrected chi connectivity index (χ1v) is 5.91. The highest BCUT2D eigenvalue weighted by Crippen LogP contribution is 2.28. The monoisotopic (exact) mass is 284 g/mol. The zero-order valence-electron chi connectivity index (χ0n) is 9.11. The van der Waals surface area contributed by atoms with Crippen LogP contribution in [0.1, 0.15) is 5.56 Å². The van der Waals surface area contributed by atoms with Crippen LogP contribution in [-0.2, 0) is 16.6 Å². The third kappa shape index (κ3) is 4.84. The smallest absolute Gasteiger partial charge is 0.480 e. The van der Waals surface area contributed by atoms with Crippen LogP contribution >= 0.6 is 0 Å².